The third kappa shape index (κ3) is 3.29. The largest absolute Gasteiger partial charge is 0.274 e. The molecule has 0 amide bonds. The maximum Gasteiger partial charge on any atom is 0.196 e. The summed E-state index contributed by atoms with van der Waals surface area (Å²) < 4.78 is 2.37. The summed E-state index contributed by atoms with van der Waals surface area (Å²) in [5, 5.41) is 11.4. The van der Waals surface area contributed by atoms with Crippen molar-refractivity contribution >= 4 is 23.4 Å². The molecule has 0 radical (unpaired) electrons. The van der Waals surface area contributed by atoms with E-state index in [1.807, 2.05) is 12.1 Å². The van der Waals surface area contributed by atoms with Gasteiger partial charge in [-0.25, -0.2) is 0 Å². The molecule has 3 aromatic rings. The van der Waals surface area contributed by atoms with E-state index in [0.29, 0.717) is 0 Å². The van der Waals surface area contributed by atoms with Gasteiger partial charge in [-0.3, -0.25) is 4.57 Å². The van der Waals surface area contributed by atoms with Crippen LogP contribution in [0.4, 0.5) is 0 Å². The Morgan fingerprint density at radius 2 is 1.50 bits per heavy atom. The number of nitrogens with zero attached hydrogens (tertiary/aromatic N) is 3. The zero-order valence-electron chi connectivity index (χ0n) is 17.0. The Morgan fingerprint density at radius 3 is 2.13 bits per heavy atom. The van der Waals surface area contributed by atoms with Gasteiger partial charge in [0, 0.05) is 21.9 Å². The van der Waals surface area contributed by atoms with Crippen molar-refractivity contribution in [2.24, 2.45) is 17.8 Å². The molecule has 4 aliphatic carbocycles. The van der Waals surface area contributed by atoms with Crippen LogP contribution in [-0.4, -0.2) is 14.8 Å². The smallest absolute Gasteiger partial charge is 0.196 e. The Balaban J connectivity index is 1.38. The van der Waals surface area contributed by atoms with E-state index in [1.165, 1.54) is 55.6 Å². The van der Waals surface area contributed by atoms with Crippen molar-refractivity contribution in [1.29, 1.82) is 0 Å². The molecule has 3 nitrogen and oxygen atoms in total. The van der Waals surface area contributed by atoms with Gasteiger partial charge in [0.2, 0.25) is 0 Å². The SMILES string of the molecule is Clc1ccc(CSc2nnc(C34CC5CC(CC(C5)C3)C4)n2-c2ccccc2)cc1. The molecule has 5 heteroatoms. The summed E-state index contributed by atoms with van der Waals surface area (Å²) in [6.07, 6.45) is 8.22. The highest BCUT2D eigenvalue weighted by molar-refractivity contribution is 7.98. The van der Waals surface area contributed by atoms with Crippen molar-refractivity contribution in [2.45, 2.75) is 54.8 Å². The lowest BCUT2D eigenvalue weighted by Crippen LogP contribution is -2.49. The topological polar surface area (TPSA) is 30.7 Å². The molecule has 7 rings (SSSR count). The molecule has 0 atom stereocenters. The predicted molar refractivity (Wildman–Crippen MR) is 122 cm³/mol. The van der Waals surface area contributed by atoms with Crippen LogP contribution in [0.5, 0.6) is 0 Å². The number of aromatic nitrogens is 3. The molecule has 4 saturated carbocycles. The molecule has 0 unspecified atom stereocenters. The molecule has 30 heavy (non-hydrogen) atoms. The minimum absolute atomic E-state index is 0.219. The first-order valence-corrected chi connectivity index (χ1v) is 12.4. The second kappa shape index (κ2) is 7.42. The van der Waals surface area contributed by atoms with E-state index >= 15 is 0 Å². The van der Waals surface area contributed by atoms with Crippen LogP contribution >= 0.6 is 23.4 Å². The number of benzene rings is 2. The third-order valence-electron chi connectivity index (χ3n) is 7.44. The molecular weight excluding hydrogens is 410 g/mol. The van der Waals surface area contributed by atoms with Crippen LogP contribution in [0.1, 0.15) is 49.9 Å². The van der Waals surface area contributed by atoms with Gasteiger partial charge in [0.15, 0.2) is 5.16 Å². The Bertz CT molecular complexity index is 1010. The van der Waals surface area contributed by atoms with Crippen molar-refractivity contribution in [2.75, 3.05) is 0 Å². The fourth-order valence-corrected chi connectivity index (χ4v) is 7.66. The van der Waals surface area contributed by atoms with Crippen molar-refractivity contribution in [3.63, 3.8) is 0 Å². The number of hydrogen-bond acceptors (Lipinski definition) is 3. The first-order valence-electron chi connectivity index (χ1n) is 11.1. The van der Waals surface area contributed by atoms with Gasteiger partial charge in [-0.15, -0.1) is 10.2 Å². The quantitative estimate of drug-likeness (QED) is 0.418. The molecule has 4 fully saturated rings. The van der Waals surface area contributed by atoms with Gasteiger partial charge in [0.1, 0.15) is 5.82 Å². The van der Waals surface area contributed by atoms with Gasteiger partial charge in [0.05, 0.1) is 0 Å². The highest BCUT2D eigenvalue weighted by Crippen LogP contribution is 2.60. The van der Waals surface area contributed by atoms with Crippen LogP contribution in [-0.2, 0) is 11.2 Å². The van der Waals surface area contributed by atoms with Crippen molar-refractivity contribution in [1.82, 2.24) is 14.8 Å². The van der Waals surface area contributed by atoms with Crippen LogP contribution in [0.3, 0.4) is 0 Å². The molecule has 1 heterocycles. The second-order valence-corrected chi connectivity index (χ2v) is 11.0. The monoisotopic (exact) mass is 435 g/mol. The fourth-order valence-electron chi connectivity index (χ4n) is 6.63. The molecular formula is C25H26ClN3S. The van der Waals surface area contributed by atoms with Gasteiger partial charge in [-0.2, -0.15) is 0 Å². The zero-order chi connectivity index (χ0) is 20.1. The molecule has 4 bridgehead atoms. The van der Waals surface area contributed by atoms with Gasteiger partial charge in [-0.05, 0) is 86.1 Å². The Hall–Kier alpha value is -1.78. The molecule has 0 aliphatic heterocycles. The van der Waals surface area contributed by atoms with E-state index in [1.54, 1.807) is 11.8 Å². The van der Waals surface area contributed by atoms with Crippen LogP contribution in [0, 0.1) is 17.8 Å². The van der Waals surface area contributed by atoms with Gasteiger partial charge >= 0.3 is 0 Å². The average molecular weight is 436 g/mol. The van der Waals surface area contributed by atoms with Crippen LogP contribution in [0.15, 0.2) is 59.8 Å². The summed E-state index contributed by atoms with van der Waals surface area (Å²) in [4.78, 5) is 0. The molecule has 0 N–H and O–H groups in total. The van der Waals surface area contributed by atoms with Crippen molar-refractivity contribution in [3.8, 4) is 5.69 Å². The molecule has 1 aromatic heterocycles. The third-order valence-corrected chi connectivity index (χ3v) is 8.69. The number of thioether (sulfide) groups is 1. The maximum absolute atomic E-state index is 6.05. The summed E-state index contributed by atoms with van der Waals surface area (Å²) in [5.41, 5.74) is 2.66. The summed E-state index contributed by atoms with van der Waals surface area (Å²) in [6, 6.07) is 18.8. The minimum atomic E-state index is 0.219. The molecule has 154 valence electrons. The first kappa shape index (κ1) is 18.9. The van der Waals surface area contributed by atoms with Crippen LogP contribution in [0.25, 0.3) is 5.69 Å². The average Bonchev–Trinajstić information content (AvgIpc) is 3.18. The first-order chi connectivity index (χ1) is 14.7. The lowest BCUT2D eigenvalue weighted by Gasteiger charge is -2.56. The summed E-state index contributed by atoms with van der Waals surface area (Å²) in [5.74, 6) is 4.75. The van der Waals surface area contributed by atoms with Gasteiger partial charge in [0.25, 0.3) is 0 Å². The van der Waals surface area contributed by atoms with E-state index in [9.17, 15) is 0 Å². The zero-order valence-corrected chi connectivity index (χ0v) is 18.6. The highest BCUT2D eigenvalue weighted by Gasteiger charge is 2.54. The number of rotatable bonds is 5. The van der Waals surface area contributed by atoms with Crippen molar-refractivity contribution in [3.05, 3.63) is 71.0 Å². The minimum Gasteiger partial charge on any atom is -0.274 e. The lowest BCUT2D eigenvalue weighted by atomic mass is 9.49. The molecule has 2 aromatic carbocycles. The number of hydrogen-bond donors (Lipinski definition) is 0. The molecule has 4 aliphatic rings. The lowest BCUT2D eigenvalue weighted by molar-refractivity contribution is -0.0103. The number of para-hydroxylation sites is 1. The van der Waals surface area contributed by atoms with E-state index in [0.717, 1.165) is 33.7 Å². The standard InChI is InChI=1S/C25H26ClN3S/c26-21-8-6-17(7-9-21)16-30-24-28-27-23(29(24)22-4-2-1-3-5-22)25-13-18-10-19(14-25)12-20(11-18)15-25/h1-9,18-20H,10-16H2. The van der Waals surface area contributed by atoms with E-state index < -0.39 is 0 Å². The molecule has 0 saturated heterocycles. The number of halogens is 1. The van der Waals surface area contributed by atoms with Crippen LogP contribution in [0.2, 0.25) is 5.02 Å². The Kier molecular flexibility index (Phi) is 4.69. The Labute approximate surface area is 187 Å². The summed E-state index contributed by atoms with van der Waals surface area (Å²) >= 11 is 7.83. The van der Waals surface area contributed by atoms with E-state index in [2.05, 4.69) is 47.0 Å². The van der Waals surface area contributed by atoms with Crippen LogP contribution < -0.4 is 0 Å². The fraction of sp³-hybridized carbons (Fsp3) is 0.440. The van der Waals surface area contributed by atoms with E-state index in [-0.39, 0.29) is 5.41 Å². The normalized spacial score (nSPS) is 29.4. The highest BCUT2D eigenvalue weighted by atomic mass is 35.5. The van der Waals surface area contributed by atoms with Crippen molar-refractivity contribution < 1.29 is 0 Å². The predicted octanol–water partition coefficient (Wildman–Crippen LogP) is 6.68. The Morgan fingerprint density at radius 1 is 0.867 bits per heavy atom. The van der Waals surface area contributed by atoms with Gasteiger partial charge in [-0.1, -0.05) is 53.7 Å². The van der Waals surface area contributed by atoms with E-state index in [4.69, 9.17) is 21.8 Å². The summed E-state index contributed by atoms with van der Waals surface area (Å²) in [7, 11) is 0. The second-order valence-electron chi connectivity index (χ2n) is 9.59. The summed E-state index contributed by atoms with van der Waals surface area (Å²) in [6.45, 7) is 0. The maximum atomic E-state index is 6.05. The van der Waals surface area contributed by atoms with Gasteiger partial charge < -0.3 is 0 Å². The molecule has 0 spiro atoms.